The van der Waals surface area contributed by atoms with E-state index < -0.39 is 0 Å². The lowest BCUT2D eigenvalue weighted by Crippen LogP contribution is -2.34. The van der Waals surface area contributed by atoms with Crippen LogP contribution in [0.5, 0.6) is 5.75 Å². The van der Waals surface area contributed by atoms with E-state index in [4.69, 9.17) is 10.5 Å². The van der Waals surface area contributed by atoms with Gasteiger partial charge in [0.05, 0.1) is 6.61 Å². The van der Waals surface area contributed by atoms with Crippen LogP contribution in [0.3, 0.4) is 0 Å². The zero-order valence-corrected chi connectivity index (χ0v) is 12.2. The first kappa shape index (κ1) is 12.7. The molecule has 4 heteroatoms. The minimum Gasteiger partial charge on any atom is -0.493 e. The van der Waals surface area contributed by atoms with Crippen LogP contribution in [-0.4, -0.2) is 28.6 Å². The van der Waals surface area contributed by atoms with Crippen molar-refractivity contribution in [2.75, 3.05) is 18.1 Å². The van der Waals surface area contributed by atoms with Gasteiger partial charge >= 0.3 is 0 Å². The molecule has 1 fully saturated rings. The van der Waals surface area contributed by atoms with Crippen LogP contribution in [0.4, 0.5) is 0 Å². The van der Waals surface area contributed by atoms with Gasteiger partial charge in [-0.3, -0.25) is 0 Å². The van der Waals surface area contributed by atoms with Gasteiger partial charge in [0, 0.05) is 34.5 Å². The summed E-state index contributed by atoms with van der Waals surface area (Å²) in [5.74, 6) is 3.53. The van der Waals surface area contributed by atoms with E-state index in [9.17, 15) is 0 Å². The zero-order valence-electron chi connectivity index (χ0n) is 10.6. The molecule has 2 aliphatic rings. The molecule has 0 aromatic heterocycles. The molecule has 1 saturated heterocycles. The summed E-state index contributed by atoms with van der Waals surface area (Å²) in [5.41, 5.74) is 9.07. The van der Waals surface area contributed by atoms with E-state index in [2.05, 4.69) is 25.1 Å². The third kappa shape index (κ3) is 2.38. The molecule has 0 bridgehead atoms. The predicted molar refractivity (Wildman–Crippen MR) is 80.7 cm³/mol. The van der Waals surface area contributed by atoms with E-state index in [1.165, 1.54) is 22.6 Å². The van der Waals surface area contributed by atoms with Crippen molar-refractivity contribution in [1.82, 2.24) is 0 Å². The van der Waals surface area contributed by atoms with Crippen LogP contribution in [0.2, 0.25) is 0 Å². The summed E-state index contributed by atoms with van der Waals surface area (Å²) in [4.78, 5) is 0. The molecule has 0 radical (unpaired) electrons. The number of ether oxygens (including phenoxy) is 1. The first-order chi connectivity index (χ1) is 8.75. The summed E-state index contributed by atoms with van der Waals surface area (Å²) in [6.07, 6.45) is 1.03. The van der Waals surface area contributed by atoms with Crippen molar-refractivity contribution in [3.05, 3.63) is 29.3 Å². The van der Waals surface area contributed by atoms with Crippen LogP contribution in [-0.2, 0) is 6.42 Å². The van der Waals surface area contributed by atoms with E-state index in [-0.39, 0.29) is 6.04 Å². The Bertz CT molecular complexity index is 438. The fourth-order valence-electron chi connectivity index (χ4n) is 2.65. The maximum atomic E-state index is 6.48. The minimum absolute atomic E-state index is 0.142. The monoisotopic (exact) mass is 281 g/mol. The lowest BCUT2D eigenvalue weighted by Gasteiger charge is -2.32. The normalized spacial score (nSPS) is 28.6. The van der Waals surface area contributed by atoms with Gasteiger partial charge in [-0.1, -0.05) is 19.1 Å². The summed E-state index contributed by atoms with van der Waals surface area (Å²) in [6, 6.07) is 6.62. The van der Waals surface area contributed by atoms with Crippen LogP contribution < -0.4 is 10.5 Å². The summed E-state index contributed by atoms with van der Waals surface area (Å²) in [6.45, 7) is 3.12. The van der Waals surface area contributed by atoms with Gasteiger partial charge in [-0.25, -0.2) is 0 Å². The first-order valence-electron chi connectivity index (χ1n) is 6.50. The second-order valence-electron chi connectivity index (χ2n) is 4.90. The van der Waals surface area contributed by atoms with Crippen LogP contribution in [0.25, 0.3) is 0 Å². The van der Waals surface area contributed by atoms with E-state index in [0.29, 0.717) is 10.5 Å². The van der Waals surface area contributed by atoms with Crippen molar-refractivity contribution in [3.63, 3.8) is 0 Å². The number of fused-ring (bicyclic) bond motifs is 1. The molecule has 2 heterocycles. The van der Waals surface area contributed by atoms with Gasteiger partial charge in [-0.05, 0) is 17.2 Å². The summed E-state index contributed by atoms with van der Waals surface area (Å²) < 4.78 is 5.55. The highest BCUT2D eigenvalue weighted by Crippen LogP contribution is 2.38. The van der Waals surface area contributed by atoms with Gasteiger partial charge in [0.1, 0.15) is 5.75 Å². The lowest BCUT2D eigenvalue weighted by molar-refractivity contribution is 0.357. The van der Waals surface area contributed by atoms with Crippen molar-refractivity contribution in [2.24, 2.45) is 5.73 Å². The lowest BCUT2D eigenvalue weighted by atomic mass is 9.99. The Morgan fingerprint density at radius 1 is 1.33 bits per heavy atom. The van der Waals surface area contributed by atoms with Crippen LogP contribution in [0, 0.1) is 0 Å². The maximum absolute atomic E-state index is 6.48. The third-order valence-electron chi connectivity index (χ3n) is 3.69. The number of hydrogen-bond acceptors (Lipinski definition) is 4. The van der Waals surface area contributed by atoms with E-state index in [0.717, 1.165) is 18.8 Å². The molecule has 1 aromatic carbocycles. The molecule has 0 amide bonds. The molecule has 2 nitrogen and oxygen atoms in total. The van der Waals surface area contributed by atoms with Gasteiger partial charge in [-0.15, -0.1) is 0 Å². The Balaban J connectivity index is 1.81. The fraction of sp³-hybridized carbons (Fsp3) is 0.571. The second kappa shape index (κ2) is 5.35. The van der Waals surface area contributed by atoms with Crippen molar-refractivity contribution >= 4 is 23.5 Å². The molecule has 0 saturated carbocycles. The molecular weight excluding hydrogens is 262 g/mol. The highest BCUT2D eigenvalue weighted by atomic mass is 32.2. The molecule has 3 unspecified atom stereocenters. The third-order valence-corrected chi connectivity index (χ3v) is 6.91. The highest BCUT2D eigenvalue weighted by Gasteiger charge is 2.29. The van der Waals surface area contributed by atoms with Crippen LogP contribution in [0.1, 0.15) is 24.1 Å². The van der Waals surface area contributed by atoms with Gasteiger partial charge in [-0.2, -0.15) is 23.5 Å². The van der Waals surface area contributed by atoms with Gasteiger partial charge in [0.15, 0.2) is 0 Å². The van der Waals surface area contributed by atoms with Gasteiger partial charge in [0.2, 0.25) is 0 Å². The maximum Gasteiger partial charge on any atom is 0.122 e. The number of nitrogens with two attached hydrogens (primary N) is 1. The molecule has 2 aliphatic heterocycles. The second-order valence-corrected chi connectivity index (χ2v) is 7.67. The molecule has 18 heavy (non-hydrogen) atoms. The number of benzene rings is 1. The summed E-state index contributed by atoms with van der Waals surface area (Å²) in [5, 5.41) is 1.17. The standard InChI is InChI=1S/C14H19NOS2/c1-9-14(18-7-6-17-9)13(15)11-2-3-12-10(8-11)4-5-16-12/h2-3,8-9,13-14H,4-7,15H2,1H3. The number of hydrogen-bond donors (Lipinski definition) is 1. The Labute approximate surface area is 117 Å². The predicted octanol–water partition coefficient (Wildman–Crippen LogP) is 2.86. The molecular formula is C14H19NOS2. The van der Waals surface area contributed by atoms with Crippen LogP contribution in [0.15, 0.2) is 18.2 Å². The Morgan fingerprint density at radius 2 is 2.17 bits per heavy atom. The fourth-order valence-corrected chi connectivity index (χ4v) is 5.53. The Hall–Kier alpha value is -0.320. The Kier molecular flexibility index (Phi) is 3.78. The average molecular weight is 281 g/mol. The number of thioether (sulfide) groups is 2. The first-order valence-corrected chi connectivity index (χ1v) is 8.60. The molecule has 3 atom stereocenters. The molecule has 2 N–H and O–H groups in total. The average Bonchev–Trinajstić information content (AvgIpc) is 2.85. The molecule has 98 valence electrons. The zero-order chi connectivity index (χ0) is 12.5. The number of rotatable bonds is 2. The topological polar surface area (TPSA) is 35.2 Å². The highest BCUT2D eigenvalue weighted by molar-refractivity contribution is 8.07. The molecule has 0 spiro atoms. The van der Waals surface area contributed by atoms with Crippen LogP contribution >= 0.6 is 23.5 Å². The molecule has 1 aromatic rings. The van der Waals surface area contributed by atoms with Gasteiger partial charge in [0.25, 0.3) is 0 Å². The quantitative estimate of drug-likeness (QED) is 0.904. The van der Waals surface area contributed by atoms with Crippen molar-refractivity contribution in [1.29, 1.82) is 0 Å². The van der Waals surface area contributed by atoms with Crippen molar-refractivity contribution in [2.45, 2.75) is 29.9 Å². The van der Waals surface area contributed by atoms with Crippen molar-refractivity contribution < 1.29 is 4.74 Å². The largest absolute Gasteiger partial charge is 0.493 e. The minimum atomic E-state index is 0.142. The van der Waals surface area contributed by atoms with Gasteiger partial charge < -0.3 is 10.5 Å². The smallest absolute Gasteiger partial charge is 0.122 e. The van der Waals surface area contributed by atoms with E-state index in [1.807, 2.05) is 23.5 Å². The Morgan fingerprint density at radius 3 is 3.00 bits per heavy atom. The summed E-state index contributed by atoms with van der Waals surface area (Å²) in [7, 11) is 0. The van der Waals surface area contributed by atoms with E-state index in [1.54, 1.807) is 0 Å². The molecule has 3 rings (SSSR count). The van der Waals surface area contributed by atoms with Crippen molar-refractivity contribution in [3.8, 4) is 5.75 Å². The van der Waals surface area contributed by atoms with E-state index >= 15 is 0 Å². The summed E-state index contributed by atoms with van der Waals surface area (Å²) >= 11 is 4.08. The SMILES string of the molecule is CC1SCCSC1C(N)c1ccc2c(c1)CCO2. The molecule has 0 aliphatic carbocycles.